The van der Waals surface area contributed by atoms with E-state index in [4.69, 9.17) is 0 Å². The van der Waals surface area contributed by atoms with Gasteiger partial charge in [-0.05, 0) is 80.2 Å². The van der Waals surface area contributed by atoms with E-state index in [9.17, 15) is 0 Å². The third-order valence-corrected chi connectivity index (χ3v) is 7.90. The van der Waals surface area contributed by atoms with Crippen molar-refractivity contribution in [1.29, 1.82) is 0 Å². The van der Waals surface area contributed by atoms with E-state index in [1.54, 1.807) is 0 Å². The van der Waals surface area contributed by atoms with Crippen molar-refractivity contribution in [3.8, 4) is 11.1 Å². The molecule has 0 aliphatic carbocycles. The van der Waals surface area contributed by atoms with Crippen LogP contribution in [0.15, 0.2) is 103 Å². The van der Waals surface area contributed by atoms with Crippen molar-refractivity contribution >= 4 is 63.8 Å². The molecule has 7 aromatic rings. The molecule has 0 saturated carbocycles. The van der Waals surface area contributed by atoms with Crippen LogP contribution in [0.5, 0.6) is 0 Å². The molecule has 0 unspecified atom stereocenters. The van der Waals surface area contributed by atoms with Gasteiger partial charge in [-0.2, -0.15) is 0 Å². The van der Waals surface area contributed by atoms with Crippen molar-refractivity contribution in [2.75, 3.05) is 0 Å². The standard InChI is InChI=1S/C31H20S/c1-19-16-27(31-29(17-19)26-12-6-7-13-30(26)32-31)20-14-15-25-23-10-3-2-8-21(23)22-9-4-5-11-24(22)28(25)18-20/h2-18H,1H3. The maximum absolute atomic E-state index is 2.41. The number of hydrogen-bond acceptors (Lipinski definition) is 1. The second kappa shape index (κ2) is 6.66. The molecule has 1 aromatic heterocycles. The lowest BCUT2D eigenvalue weighted by Crippen LogP contribution is -1.86. The summed E-state index contributed by atoms with van der Waals surface area (Å²) in [4.78, 5) is 0. The molecule has 0 N–H and O–H groups in total. The Kier molecular flexibility index (Phi) is 3.73. The second-order valence-corrected chi connectivity index (χ2v) is 9.69. The van der Waals surface area contributed by atoms with Gasteiger partial charge in [0.2, 0.25) is 0 Å². The van der Waals surface area contributed by atoms with Crippen molar-refractivity contribution in [3.05, 3.63) is 109 Å². The smallest absolute Gasteiger partial charge is 0.0434 e. The van der Waals surface area contributed by atoms with E-state index in [1.165, 1.54) is 69.2 Å². The van der Waals surface area contributed by atoms with Gasteiger partial charge in [-0.3, -0.25) is 0 Å². The average Bonchev–Trinajstić information content (AvgIpc) is 3.22. The van der Waals surface area contributed by atoms with Gasteiger partial charge in [0.15, 0.2) is 0 Å². The van der Waals surface area contributed by atoms with Crippen molar-refractivity contribution in [2.24, 2.45) is 0 Å². The molecular formula is C31H20S. The fourth-order valence-electron chi connectivity index (χ4n) is 5.26. The number of fused-ring (bicyclic) bond motifs is 9. The highest BCUT2D eigenvalue weighted by Gasteiger charge is 2.14. The van der Waals surface area contributed by atoms with E-state index in [-0.39, 0.29) is 0 Å². The summed E-state index contributed by atoms with van der Waals surface area (Å²) in [7, 11) is 0. The first-order valence-corrected chi connectivity index (χ1v) is 11.8. The summed E-state index contributed by atoms with van der Waals surface area (Å²) in [6.07, 6.45) is 0. The molecule has 150 valence electrons. The third kappa shape index (κ3) is 2.49. The van der Waals surface area contributed by atoms with Crippen molar-refractivity contribution in [3.63, 3.8) is 0 Å². The number of aryl methyl sites for hydroxylation is 1. The Morgan fingerprint density at radius 3 is 1.72 bits per heavy atom. The number of thiophene rings is 1. The molecule has 0 aliphatic heterocycles. The Morgan fingerprint density at radius 1 is 0.469 bits per heavy atom. The van der Waals surface area contributed by atoms with E-state index in [2.05, 4.69) is 110 Å². The van der Waals surface area contributed by atoms with Gasteiger partial charge in [-0.1, -0.05) is 78.9 Å². The number of benzene rings is 6. The average molecular weight is 425 g/mol. The lowest BCUT2D eigenvalue weighted by molar-refractivity contribution is 1.51. The van der Waals surface area contributed by atoms with Crippen LogP contribution < -0.4 is 0 Å². The molecule has 0 saturated heterocycles. The Labute approximate surface area is 190 Å². The quantitative estimate of drug-likeness (QED) is 0.230. The number of hydrogen-bond donors (Lipinski definition) is 0. The highest BCUT2D eigenvalue weighted by molar-refractivity contribution is 7.26. The topological polar surface area (TPSA) is 0 Å². The van der Waals surface area contributed by atoms with Crippen LogP contribution in [-0.2, 0) is 0 Å². The lowest BCUT2D eigenvalue weighted by atomic mass is 9.91. The van der Waals surface area contributed by atoms with Gasteiger partial charge in [-0.15, -0.1) is 11.3 Å². The molecule has 0 spiro atoms. The normalized spacial score (nSPS) is 11.9. The maximum Gasteiger partial charge on any atom is 0.0434 e. The van der Waals surface area contributed by atoms with Gasteiger partial charge in [0.1, 0.15) is 0 Å². The molecule has 0 aliphatic rings. The summed E-state index contributed by atoms with van der Waals surface area (Å²) >= 11 is 1.90. The van der Waals surface area contributed by atoms with Crippen molar-refractivity contribution in [1.82, 2.24) is 0 Å². The van der Waals surface area contributed by atoms with Crippen LogP contribution in [0.4, 0.5) is 0 Å². The molecule has 0 fully saturated rings. The van der Waals surface area contributed by atoms with E-state index in [0.29, 0.717) is 0 Å². The van der Waals surface area contributed by atoms with Gasteiger partial charge in [-0.25, -0.2) is 0 Å². The van der Waals surface area contributed by atoms with Crippen LogP contribution in [0.25, 0.3) is 63.6 Å². The maximum atomic E-state index is 2.41. The van der Waals surface area contributed by atoms with E-state index in [1.807, 2.05) is 11.3 Å². The van der Waals surface area contributed by atoms with Gasteiger partial charge in [0.05, 0.1) is 0 Å². The molecule has 7 rings (SSSR count). The van der Waals surface area contributed by atoms with Crippen molar-refractivity contribution < 1.29 is 0 Å². The first-order chi connectivity index (χ1) is 15.8. The zero-order valence-corrected chi connectivity index (χ0v) is 18.5. The molecular weight excluding hydrogens is 404 g/mol. The molecule has 1 heteroatoms. The molecule has 0 radical (unpaired) electrons. The Bertz CT molecular complexity index is 1800. The summed E-state index contributed by atoms with van der Waals surface area (Å²) in [5, 5.41) is 10.7. The van der Waals surface area contributed by atoms with Gasteiger partial charge >= 0.3 is 0 Å². The summed E-state index contributed by atoms with van der Waals surface area (Å²) in [6, 6.07) is 38.1. The third-order valence-electron chi connectivity index (χ3n) is 6.68. The zero-order valence-electron chi connectivity index (χ0n) is 17.7. The Morgan fingerprint density at radius 2 is 1.03 bits per heavy atom. The van der Waals surface area contributed by atoms with Crippen molar-refractivity contribution in [2.45, 2.75) is 6.92 Å². The summed E-state index contributed by atoms with van der Waals surface area (Å²) < 4.78 is 2.73. The second-order valence-electron chi connectivity index (χ2n) is 8.64. The van der Waals surface area contributed by atoms with Gasteiger partial charge in [0.25, 0.3) is 0 Å². The van der Waals surface area contributed by atoms with Crippen LogP contribution in [0.3, 0.4) is 0 Å². The largest absolute Gasteiger partial charge is 0.135 e. The monoisotopic (exact) mass is 424 g/mol. The summed E-state index contributed by atoms with van der Waals surface area (Å²) in [6.45, 7) is 2.21. The minimum absolute atomic E-state index is 1.29. The van der Waals surface area contributed by atoms with E-state index >= 15 is 0 Å². The minimum Gasteiger partial charge on any atom is -0.135 e. The predicted molar refractivity (Wildman–Crippen MR) is 142 cm³/mol. The fraction of sp³-hybridized carbons (Fsp3) is 0.0323. The molecule has 6 aromatic carbocycles. The van der Waals surface area contributed by atoms with Crippen LogP contribution in [-0.4, -0.2) is 0 Å². The molecule has 0 atom stereocenters. The summed E-state index contributed by atoms with van der Waals surface area (Å²) in [5.41, 5.74) is 3.93. The van der Waals surface area contributed by atoms with Gasteiger partial charge < -0.3 is 0 Å². The predicted octanol–water partition coefficient (Wildman–Crippen LogP) is 9.49. The highest BCUT2D eigenvalue weighted by Crippen LogP contribution is 2.42. The molecule has 32 heavy (non-hydrogen) atoms. The SMILES string of the molecule is Cc1cc(-c2ccc3c4ccccc4c4ccccc4c3c2)c2sc3ccccc3c2c1. The molecule has 0 amide bonds. The number of rotatable bonds is 1. The Hall–Kier alpha value is -3.68. The van der Waals surface area contributed by atoms with E-state index in [0.717, 1.165) is 0 Å². The Balaban J connectivity index is 1.61. The fourth-order valence-corrected chi connectivity index (χ4v) is 6.48. The lowest BCUT2D eigenvalue weighted by Gasteiger charge is -2.13. The van der Waals surface area contributed by atoms with Gasteiger partial charge in [0, 0.05) is 20.2 Å². The van der Waals surface area contributed by atoms with Crippen LogP contribution in [0, 0.1) is 6.92 Å². The van der Waals surface area contributed by atoms with Crippen LogP contribution >= 0.6 is 11.3 Å². The minimum atomic E-state index is 1.29. The van der Waals surface area contributed by atoms with Crippen LogP contribution in [0.2, 0.25) is 0 Å². The highest BCUT2D eigenvalue weighted by atomic mass is 32.1. The molecule has 0 bridgehead atoms. The molecule has 1 heterocycles. The first kappa shape index (κ1) is 17.9. The van der Waals surface area contributed by atoms with Crippen LogP contribution in [0.1, 0.15) is 5.56 Å². The van der Waals surface area contributed by atoms with E-state index < -0.39 is 0 Å². The first-order valence-electron chi connectivity index (χ1n) is 11.0. The molecule has 0 nitrogen and oxygen atoms in total. The summed E-state index contributed by atoms with van der Waals surface area (Å²) in [5.74, 6) is 0. The zero-order chi connectivity index (χ0) is 21.2.